The summed E-state index contributed by atoms with van der Waals surface area (Å²) in [6.07, 6.45) is 3.59. The summed E-state index contributed by atoms with van der Waals surface area (Å²) in [5, 5.41) is 13.7. The lowest BCUT2D eigenvalue weighted by molar-refractivity contribution is 0.0952. The first-order chi connectivity index (χ1) is 11.4. The number of aromatic hydroxyl groups is 1. The molecule has 24 heavy (non-hydrogen) atoms. The molecule has 0 aliphatic rings. The summed E-state index contributed by atoms with van der Waals surface area (Å²) in [6.45, 7) is 6.27. The second kappa shape index (κ2) is 7.77. The molecule has 4 nitrogen and oxygen atoms in total. The van der Waals surface area contributed by atoms with Gasteiger partial charge in [-0.3, -0.25) is 4.79 Å². The molecular weight excluding hydrogens is 300 g/mol. The van der Waals surface area contributed by atoms with Crippen LogP contribution in [0.2, 0.25) is 0 Å². The van der Waals surface area contributed by atoms with Gasteiger partial charge in [-0.15, -0.1) is 0 Å². The van der Waals surface area contributed by atoms with Gasteiger partial charge in [0.15, 0.2) is 0 Å². The van der Waals surface area contributed by atoms with Gasteiger partial charge in [-0.1, -0.05) is 57.2 Å². The molecule has 0 aliphatic carbocycles. The molecule has 1 amide bonds. The van der Waals surface area contributed by atoms with Crippen molar-refractivity contribution in [3.05, 3.63) is 65.2 Å². The molecule has 0 saturated carbocycles. The SMILES string of the molecule is CCc1ccc(CC(C)(C)/C=N\NC(=O)c2ccccc2O)cc1. The van der Waals surface area contributed by atoms with Crippen molar-refractivity contribution in [1.82, 2.24) is 5.43 Å². The molecule has 2 aromatic carbocycles. The lowest BCUT2D eigenvalue weighted by Crippen LogP contribution is -2.22. The normalized spacial score (nSPS) is 11.6. The molecule has 0 radical (unpaired) electrons. The van der Waals surface area contributed by atoms with Gasteiger partial charge in [0.1, 0.15) is 5.75 Å². The van der Waals surface area contributed by atoms with Crippen LogP contribution in [0, 0.1) is 5.41 Å². The van der Waals surface area contributed by atoms with Crippen molar-refractivity contribution in [2.75, 3.05) is 0 Å². The third-order valence-corrected chi connectivity index (χ3v) is 3.82. The number of phenols is 1. The Morgan fingerprint density at radius 3 is 2.38 bits per heavy atom. The predicted octanol–water partition coefficient (Wildman–Crippen LogP) is 3.94. The van der Waals surface area contributed by atoms with Gasteiger partial charge in [-0.2, -0.15) is 5.10 Å². The summed E-state index contributed by atoms with van der Waals surface area (Å²) in [7, 11) is 0. The van der Waals surface area contributed by atoms with E-state index in [4.69, 9.17) is 0 Å². The summed E-state index contributed by atoms with van der Waals surface area (Å²) in [6, 6.07) is 14.9. The van der Waals surface area contributed by atoms with Crippen LogP contribution in [0.4, 0.5) is 0 Å². The van der Waals surface area contributed by atoms with E-state index in [1.165, 1.54) is 17.2 Å². The molecule has 126 valence electrons. The van der Waals surface area contributed by atoms with E-state index in [-0.39, 0.29) is 16.7 Å². The topological polar surface area (TPSA) is 61.7 Å². The first kappa shape index (κ1) is 17.7. The lowest BCUT2D eigenvalue weighted by Gasteiger charge is -2.19. The Hall–Kier alpha value is -2.62. The molecule has 0 spiro atoms. The Morgan fingerprint density at radius 2 is 1.75 bits per heavy atom. The van der Waals surface area contributed by atoms with E-state index in [1.54, 1.807) is 24.4 Å². The minimum absolute atomic E-state index is 0.0551. The zero-order valence-corrected chi connectivity index (χ0v) is 14.4. The third-order valence-electron chi connectivity index (χ3n) is 3.82. The third kappa shape index (κ3) is 4.95. The van der Waals surface area contributed by atoms with Gasteiger partial charge in [0.2, 0.25) is 0 Å². The average Bonchev–Trinajstić information content (AvgIpc) is 2.55. The highest BCUT2D eigenvalue weighted by Crippen LogP contribution is 2.20. The maximum atomic E-state index is 12.0. The number of carbonyl (C=O) groups is 1. The highest BCUT2D eigenvalue weighted by Gasteiger charge is 2.16. The fourth-order valence-electron chi connectivity index (χ4n) is 2.46. The van der Waals surface area contributed by atoms with Gasteiger partial charge in [-0.05, 0) is 36.1 Å². The number of para-hydroxylation sites is 1. The molecule has 2 aromatic rings. The molecule has 4 heteroatoms. The number of hydrogen-bond acceptors (Lipinski definition) is 3. The van der Waals surface area contributed by atoms with Crippen LogP contribution in [0.3, 0.4) is 0 Å². The minimum Gasteiger partial charge on any atom is -0.507 e. The van der Waals surface area contributed by atoms with E-state index in [9.17, 15) is 9.90 Å². The molecule has 0 aliphatic heterocycles. The van der Waals surface area contributed by atoms with Gasteiger partial charge in [0.25, 0.3) is 5.91 Å². The van der Waals surface area contributed by atoms with Gasteiger partial charge in [0.05, 0.1) is 5.56 Å². The van der Waals surface area contributed by atoms with Crippen LogP contribution in [0.15, 0.2) is 53.6 Å². The Balaban J connectivity index is 1.96. The number of rotatable bonds is 6. The van der Waals surface area contributed by atoms with E-state index >= 15 is 0 Å². The van der Waals surface area contributed by atoms with Crippen LogP contribution < -0.4 is 5.43 Å². The molecule has 0 fully saturated rings. The summed E-state index contributed by atoms with van der Waals surface area (Å²) in [5.74, 6) is -0.479. The molecule has 0 unspecified atom stereocenters. The largest absolute Gasteiger partial charge is 0.507 e. The summed E-state index contributed by atoms with van der Waals surface area (Å²) < 4.78 is 0. The number of nitrogens with zero attached hydrogens (tertiary/aromatic N) is 1. The van der Waals surface area contributed by atoms with E-state index in [0.29, 0.717) is 0 Å². The monoisotopic (exact) mass is 324 g/mol. The Bertz CT molecular complexity index is 719. The molecule has 0 saturated heterocycles. The number of carbonyl (C=O) groups excluding carboxylic acids is 1. The fraction of sp³-hybridized carbons (Fsp3) is 0.300. The number of benzene rings is 2. The molecule has 2 N–H and O–H groups in total. The van der Waals surface area contributed by atoms with E-state index in [2.05, 4.69) is 55.6 Å². The Morgan fingerprint density at radius 1 is 1.12 bits per heavy atom. The molecule has 0 bridgehead atoms. The van der Waals surface area contributed by atoms with Crippen molar-refractivity contribution in [3.8, 4) is 5.75 Å². The summed E-state index contributed by atoms with van der Waals surface area (Å²) in [5.41, 5.74) is 5.04. The van der Waals surface area contributed by atoms with Crippen molar-refractivity contribution >= 4 is 12.1 Å². The zero-order valence-electron chi connectivity index (χ0n) is 14.4. The molecule has 2 rings (SSSR count). The molecule has 0 atom stereocenters. The van der Waals surface area contributed by atoms with Crippen LogP contribution in [-0.4, -0.2) is 17.2 Å². The first-order valence-electron chi connectivity index (χ1n) is 8.11. The zero-order chi connectivity index (χ0) is 17.6. The van der Waals surface area contributed by atoms with Gasteiger partial charge in [-0.25, -0.2) is 5.43 Å². The Labute approximate surface area is 143 Å². The fourth-order valence-corrected chi connectivity index (χ4v) is 2.46. The lowest BCUT2D eigenvalue weighted by atomic mass is 9.87. The van der Waals surface area contributed by atoms with E-state index < -0.39 is 5.91 Å². The van der Waals surface area contributed by atoms with Crippen LogP contribution in [0.25, 0.3) is 0 Å². The standard InChI is InChI=1S/C20H24N2O2/c1-4-15-9-11-16(12-10-15)13-20(2,3)14-21-22-19(24)17-7-5-6-8-18(17)23/h5-12,14,23H,4,13H2,1-3H3,(H,22,24)/b21-14-. The van der Waals surface area contributed by atoms with Crippen molar-refractivity contribution in [2.24, 2.45) is 10.5 Å². The van der Waals surface area contributed by atoms with Crippen molar-refractivity contribution in [2.45, 2.75) is 33.6 Å². The number of aryl methyl sites for hydroxylation is 1. The van der Waals surface area contributed by atoms with Gasteiger partial charge in [0, 0.05) is 11.6 Å². The van der Waals surface area contributed by atoms with Crippen LogP contribution in [0.5, 0.6) is 5.75 Å². The second-order valence-corrected chi connectivity index (χ2v) is 6.55. The quantitative estimate of drug-likeness (QED) is 0.624. The summed E-state index contributed by atoms with van der Waals surface area (Å²) in [4.78, 5) is 12.0. The van der Waals surface area contributed by atoms with Crippen molar-refractivity contribution < 1.29 is 9.90 Å². The van der Waals surface area contributed by atoms with Crippen molar-refractivity contribution in [3.63, 3.8) is 0 Å². The molecular formula is C20H24N2O2. The van der Waals surface area contributed by atoms with E-state index in [1.807, 2.05) is 0 Å². The maximum absolute atomic E-state index is 12.0. The predicted molar refractivity (Wildman–Crippen MR) is 97.4 cm³/mol. The van der Waals surface area contributed by atoms with E-state index in [0.717, 1.165) is 12.8 Å². The number of phenolic OH excluding ortho intramolecular Hbond substituents is 1. The molecule has 0 heterocycles. The minimum atomic E-state index is -0.424. The highest BCUT2D eigenvalue weighted by molar-refractivity contribution is 5.96. The summed E-state index contributed by atoms with van der Waals surface area (Å²) >= 11 is 0. The average molecular weight is 324 g/mol. The highest BCUT2D eigenvalue weighted by atomic mass is 16.3. The number of amides is 1. The first-order valence-corrected chi connectivity index (χ1v) is 8.11. The number of nitrogens with one attached hydrogen (secondary N) is 1. The Kier molecular flexibility index (Phi) is 5.74. The maximum Gasteiger partial charge on any atom is 0.275 e. The van der Waals surface area contributed by atoms with Crippen molar-refractivity contribution in [1.29, 1.82) is 0 Å². The van der Waals surface area contributed by atoms with Crippen LogP contribution in [0.1, 0.15) is 42.3 Å². The van der Waals surface area contributed by atoms with Crippen LogP contribution >= 0.6 is 0 Å². The van der Waals surface area contributed by atoms with Gasteiger partial charge < -0.3 is 5.11 Å². The molecule has 0 aromatic heterocycles. The van der Waals surface area contributed by atoms with Crippen LogP contribution in [-0.2, 0) is 12.8 Å². The van der Waals surface area contributed by atoms with Gasteiger partial charge >= 0.3 is 0 Å². The smallest absolute Gasteiger partial charge is 0.275 e. The number of hydrazone groups is 1. The second-order valence-electron chi connectivity index (χ2n) is 6.55. The number of hydrogen-bond donors (Lipinski definition) is 2.